The summed E-state index contributed by atoms with van der Waals surface area (Å²) in [5, 5.41) is 9.18. The fourth-order valence-electron chi connectivity index (χ4n) is 1.83. The van der Waals surface area contributed by atoms with Gasteiger partial charge in [-0.25, -0.2) is 4.79 Å². The first-order valence-electron chi connectivity index (χ1n) is 5.60. The topological polar surface area (TPSA) is 49.8 Å². The molecule has 15 heavy (non-hydrogen) atoms. The molecule has 88 valence electrons. The minimum atomic E-state index is -0.285. The van der Waals surface area contributed by atoms with Gasteiger partial charge < -0.3 is 14.7 Å². The van der Waals surface area contributed by atoms with Crippen LogP contribution in [0.15, 0.2) is 0 Å². The fourth-order valence-corrected chi connectivity index (χ4v) is 1.83. The first kappa shape index (κ1) is 12.3. The molecule has 4 heteroatoms. The summed E-state index contributed by atoms with van der Waals surface area (Å²) < 4.78 is 5.14. The van der Waals surface area contributed by atoms with E-state index in [0.717, 1.165) is 6.42 Å². The molecule has 0 aromatic rings. The predicted molar refractivity (Wildman–Crippen MR) is 57.5 cm³/mol. The summed E-state index contributed by atoms with van der Waals surface area (Å²) in [6, 6.07) is -0.0651. The lowest BCUT2D eigenvalue weighted by Gasteiger charge is -2.24. The smallest absolute Gasteiger partial charge is 0.410 e. The number of likely N-dealkylation sites (tertiary alicyclic amines) is 1. The van der Waals surface area contributed by atoms with Crippen LogP contribution in [0.5, 0.6) is 0 Å². The van der Waals surface area contributed by atoms with E-state index in [0.29, 0.717) is 25.0 Å². The highest BCUT2D eigenvalue weighted by atomic mass is 16.6. The summed E-state index contributed by atoms with van der Waals surface area (Å²) in [5.74, 6) is 0.711. The molecular formula is C11H21NO3. The van der Waals surface area contributed by atoms with Gasteiger partial charge in [0.25, 0.3) is 0 Å². The van der Waals surface area contributed by atoms with E-state index in [9.17, 15) is 9.90 Å². The SMILES string of the molecule is CC(C)COC(=O)N1CCC(C)C1CO. The van der Waals surface area contributed by atoms with Crippen molar-refractivity contribution >= 4 is 6.09 Å². The van der Waals surface area contributed by atoms with E-state index in [2.05, 4.69) is 6.92 Å². The molecule has 2 atom stereocenters. The Morgan fingerprint density at radius 1 is 1.60 bits per heavy atom. The molecule has 1 saturated heterocycles. The van der Waals surface area contributed by atoms with Crippen LogP contribution in [-0.4, -0.2) is 41.9 Å². The van der Waals surface area contributed by atoms with Crippen LogP contribution < -0.4 is 0 Å². The van der Waals surface area contributed by atoms with Gasteiger partial charge in [-0.2, -0.15) is 0 Å². The molecule has 0 aliphatic carbocycles. The van der Waals surface area contributed by atoms with Crippen LogP contribution in [0.25, 0.3) is 0 Å². The van der Waals surface area contributed by atoms with Crippen molar-refractivity contribution in [3.8, 4) is 0 Å². The lowest BCUT2D eigenvalue weighted by Crippen LogP contribution is -2.40. The molecule has 0 aromatic heterocycles. The summed E-state index contributed by atoms with van der Waals surface area (Å²) in [6.07, 6.45) is 0.661. The molecule has 0 radical (unpaired) electrons. The molecule has 0 saturated carbocycles. The molecule has 0 spiro atoms. The molecule has 0 aromatic carbocycles. The highest BCUT2D eigenvalue weighted by Gasteiger charge is 2.34. The number of amides is 1. The first-order valence-corrected chi connectivity index (χ1v) is 5.60. The number of carbonyl (C=O) groups excluding carboxylic acids is 1. The summed E-state index contributed by atoms with van der Waals surface area (Å²) in [7, 11) is 0. The summed E-state index contributed by atoms with van der Waals surface area (Å²) in [4.78, 5) is 13.3. The number of hydrogen-bond donors (Lipinski definition) is 1. The lowest BCUT2D eigenvalue weighted by atomic mass is 10.0. The van der Waals surface area contributed by atoms with Gasteiger partial charge in [-0.3, -0.25) is 0 Å². The van der Waals surface area contributed by atoms with Gasteiger partial charge >= 0.3 is 6.09 Å². The Hall–Kier alpha value is -0.770. The van der Waals surface area contributed by atoms with E-state index in [-0.39, 0.29) is 18.7 Å². The standard InChI is InChI=1S/C11H21NO3/c1-8(2)7-15-11(14)12-5-4-9(3)10(12)6-13/h8-10,13H,4-7H2,1-3H3. The fraction of sp³-hybridized carbons (Fsp3) is 0.909. The zero-order valence-electron chi connectivity index (χ0n) is 9.77. The van der Waals surface area contributed by atoms with Gasteiger partial charge in [-0.05, 0) is 18.3 Å². The maximum atomic E-state index is 11.7. The average Bonchev–Trinajstić information content (AvgIpc) is 2.55. The van der Waals surface area contributed by atoms with Crippen molar-refractivity contribution < 1.29 is 14.6 Å². The molecule has 4 nitrogen and oxygen atoms in total. The average molecular weight is 215 g/mol. The molecular weight excluding hydrogens is 194 g/mol. The van der Waals surface area contributed by atoms with Crippen molar-refractivity contribution in [3.63, 3.8) is 0 Å². The molecule has 1 aliphatic rings. The monoisotopic (exact) mass is 215 g/mol. The molecule has 1 aliphatic heterocycles. The maximum absolute atomic E-state index is 11.7. The quantitative estimate of drug-likeness (QED) is 0.775. The zero-order valence-corrected chi connectivity index (χ0v) is 9.77. The van der Waals surface area contributed by atoms with Crippen molar-refractivity contribution in [1.29, 1.82) is 0 Å². The van der Waals surface area contributed by atoms with Gasteiger partial charge in [0, 0.05) is 6.54 Å². The van der Waals surface area contributed by atoms with E-state index >= 15 is 0 Å². The highest BCUT2D eigenvalue weighted by molar-refractivity contribution is 5.68. The van der Waals surface area contributed by atoms with Crippen LogP contribution >= 0.6 is 0 Å². The van der Waals surface area contributed by atoms with Crippen molar-refractivity contribution in [3.05, 3.63) is 0 Å². The van der Waals surface area contributed by atoms with E-state index in [1.165, 1.54) is 0 Å². The zero-order chi connectivity index (χ0) is 11.4. The number of aliphatic hydroxyl groups is 1. The second-order valence-electron chi connectivity index (χ2n) is 4.68. The third-order valence-corrected chi connectivity index (χ3v) is 2.84. The van der Waals surface area contributed by atoms with Crippen LogP contribution in [0.4, 0.5) is 4.79 Å². The van der Waals surface area contributed by atoms with Crippen LogP contribution in [0, 0.1) is 11.8 Å². The highest BCUT2D eigenvalue weighted by Crippen LogP contribution is 2.24. The Labute approximate surface area is 91.2 Å². The van der Waals surface area contributed by atoms with Gasteiger partial charge in [0.2, 0.25) is 0 Å². The van der Waals surface area contributed by atoms with Crippen molar-refractivity contribution in [2.45, 2.75) is 33.2 Å². The normalized spacial score (nSPS) is 26.1. The molecule has 1 rings (SSSR count). The lowest BCUT2D eigenvalue weighted by molar-refractivity contribution is 0.0712. The molecule has 1 amide bonds. The first-order chi connectivity index (χ1) is 7.06. The third-order valence-electron chi connectivity index (χ3n) is 2.84. The van der Waals surface area contributed by atoms with Crippen molar-refractivity contribution in [2.24, 2.45) is 11.8 Å². The number of nitrogens with zero attached hydrogens (tertiary/aromatic N) is 1. The van der Waals surface area contributed by atoms with Gasteiger partial charge in [-0.15, -0.1) is 0 Å². The molecule has 0 bridgehead atoms. The van der Waals surface area contributed by atoms with Crippen LogP contribution in [0.3, 0.4) is 0 Å². The van der Waals surface area contributed by atoms with Gasteiger partial charge in [-0.1, -0.05) is 20.8 Å². The van der Waals surface area contributed by atoms with Gasteiger partial charge in [0.1, 0.15) is 0 Å². The Morgan fingerprint density at radius 2 is 2.27 bits per heavy atom. The number of rotatable bonds is 3. The van der Waals surface area contributed by atoms with E-state index < -0.39 is 0 Å². The minimum absolute atomic E-state index is 0.0257. The summed E-state index contributed by atoms with van der Waals surface area (Å²) in [5.41, 5.74) is 0. The maximum Gasteiger partial charge on any atom is 0.410 e. The second-order valence-corrected chi connectivity index (χ2v) is 4.68. The number of hydrogen-bond acceptors (Lipinski definition) is 3. The van der Waals surface area contributed by atoms with E-state index in [4.69, 9.17) is 4.74 Å². The number of ether oxygens (including phenoxy) is 1. The Morgan fingerprint density at radius 3 is 2.80 bits per heavy atom. The van der Waals surface area contributed by atoms with Gasteiger partial charge in [0.05, 0.1) is 19.3 Å². The predicted octanol–water partition coefficient (Wildman–Crippen LogP) is 1.48. The molecule has 2 unspecified atom stereocenters. The number of aliphatic hydroxyl groups excluding tert-OH is 1. The third kappa shape index (κ3) is 3.09. The van der Waals surface area contributed by atoms with Crippen molar-refractivity contribution in [2.75, 3.05) is 19.8 Å². The molecule has 1 N–H and O–H groups in total. The van der Waals surface area contributed by atoms with Gasteiger partial charge in [0.15, 0.2) is 0 Å². The van der Waals surface area contributed by atoms with Crippen LogP contribution in [0.2, 0.25) is 0 Å². The Balaban J connectivity index is 2.45. The van der Waals surface area contributed by atoms with Crippen molar-refractivity contribution in [1.82, 2.24) is 4.90 Å². The second kappa shape index (κ2) is 5.35. The summed E-state index contributed by atoms with van der Waals surface area (Å²) >= 11 is 0. The summed E-state index contributed by atoms with van der Waals surface area (Å²) in [6.45, 7) is 7.23. The van der Waals surface area contributed by atoms with E-state index in [1.54, 1.807) is 4.90 Å². The number of carbonyl (C=O) groups is 1. The molecule has 1 heterocycles. The Kier molecular flexibility index (Phi) is 4.39. The van der Waals surface area contributed by atoms with Crippen LogP contribution in [0.1, 0.15) is 27.2 Å². The largest absolute Gasteiger partial charge is 0.449 e. The Bertz CT molecular complexity index is 218. The minimum Gasteiger partial charge on any atom is -0.449 e. The van der Waals surface area contributed by atoms with E-state index in [1.807, 2.05) is 13.8 Å². The van der Waals surface area contributed by atoms with Crippen LogP contribution in [-0.2, 0) is 4.74 Å². The molecule has 1 fully saturated rings.